The summed E-state index contributed by atoms with van der Waals surface area (Å²) in [5.74, 6) is 2.38. The van der Waals surface area contributed by atoms with Crippen LogP contribution in [0.4, 0.5) is 0 Å². The summed E-state index contributed by atoms with van der Waals surface area (Å²) in [6.07, 6.45) is 5.35. The second-order valence-corrected chi connectivity index (χ2v) is 4.64. The molecule has 1 nitrogen and oxygen atoms in total. The fraction of sp³-hybridized carbons (Fsp3) is 1.00. The Morgan fingerprint density at radius 1 is 0.917 bits per heavy atom. The molecule has 0 aromatic rings. The van der Waals surface area contributed by atoms with Crippen LogP contribution in [0.1, 0.15) is 46.5 Å². The second kappa shape index (κ2) is 4.27. The fourth-order valence-electron chi connectivity index (χ4n) is 2.28. The Kier molecular flexibility index (Phi) is 3.57. The van der Waals surface area contributed by atoms with Crippen LogP contribution >= 0.6 is 0 Å². The van der Waals surface area contributed by atoms with Crippen molar-refractivity contribution >= 4 is 0 Å². The average Bonchev–Trinajstić information content (AvgIpc) is 2.07. The van der Waals surface area contributed by atoms with Crippen molar-refractivity contribution in [3.05, 3.63) is 0 Å². The molecule has 72 valence electrons. The summed E-state index contributed by atoms with van der Waals surface area (Å²) in [5.41, 5.74) is 6.10. The number of nitrogens with two attached hydrogens (primary N) is 1. The zero-order valence-electron chi connectivity index (χ0n) is 8.72. The summed E-state index contributed by atoms with van der Waals surface area (Å²) in [7, 11) is 0. The van der Waals surface area contributed by atoms with Gasteiger partial charge in [0.2, 0.25) is 0 Å². The Morgan fingerprint density at radius 3 is 2.17 bits per heavy atom. The Morgan fingerprint density at radius 2 is 1.50 bits per heavy atom. The molecular formula is C11H23N. The predicted molar refractivity (Wildman–Crippen MR) is 53.9 cm³/mol. The smallest absolute Gasteiger partial charge is 0.00671 e. The van der Waals surface area contributed by atoms with E-state index in [1.807, 2.05) is 0 Å². The van der Waals surface area contributed by atoms with E-state index in [1.54, 1.807) is 0 Å². The van der Waals surface area contributed by atoms with Crippen molar-refractivity contribution < 1.29 is 0 Å². The Balaban J connectivity index is 2.55. The lowest BCUT2D eigenvalue weighted by Gasteiger charge is -2.33. The average molecular weight is 169 g/mol. The molecule has 1 fully saturated rings. The van der Waals surface area contributed by atoms with E-state index >= 15 is 0 Å². The molecule has 4 atom stereocenters. The van der Waals surface area contributed by atoms with E-state index in [2.05, 4.69) is 20.8 Å². The van der Waals surface area contributed by atoms with Gasteiger partial charge in [-0.15, -0.1) is 0 Å². The van der Waals surface area contributed by atoms with Crippen molar-refractivity contribution in [1.82, 2.24) is 0 Å². The lowest BCUT2D eigenvalue weighted by Crippen LogP contribution is -2.35. The van der Waals surface area contributed by atoms with E-state index in [4.69, 9.17) is 5.73 Å². The van der Waals surface area contributed by atoms with Crippen LogP contribution in [0.15, 0.2) is 0 Å². The first-order valence-corrected chi connectivity index (χ1v) is 5.38. The molecule has 12 heavy (non-hydrogen) atoms. The minimum absolute atomic E-state index is 0.447. The quantitative estimate of drug-likeness (QED) is 0.593. The highest BCUT2D eigenvalue weighted by atomic mass is 14.7. The van der Waals surface area contributed by atoms with Crippen molar-refractivity contribution in [2.75, 3.05) is 0 Å². The molecule has 0 radical (unpaired) electrons. The Labute approximate surface area is 76.7 Å². The number of hydrogen-bond donors (Lipinski definition) is 1. The summed E-state index contributed by atoms with van der Waals surface area (Å²) in [4.78, 5) is 0. The molecule has 1 heteroatoms. The van der Waals surface area contributed by atoms with Crippen molar-refractivity contribution in [1.29, 1.82) is 0 Å². The molecule has 0 heterocycles. The molecule has 0 amide bonds. The monoisotopic (exact) mass is 169 g/mol. The second-order valence-electron chi connectivity index (χ2n) is 4.64. The first-order valence-electron chi connectivity index (χ1n) is 5.38. The van der Waals surface area contributed by atoms with Crippen LogP contribution < -0.4 is 5.73 Å². The molecule has 0 aliphatic heterocycles. The van der Waals surface area contributed by atoms with Gasteiger partial charge < -0.3 is 5.73 Å². The van der Waals surface area contributed by atoms with E-state index in [1.165, 1.54) is 25.7 Å². The van der Waals surface area contributed by atoms with E-state index in [0.717, 1.165) is 11.8 Å². The summed E-state index contributed by atoms with van der Waals surface area (Å²) < 4.78 is 0. The molecule has 0 saturated heterocycles. The van der Waals surface area contributed by atoms with Crippen LogP contribution in [0, 0.1) is 17.8 Å². The third kappa shape index (κ3) is 2.22. The van der Waals surface area contributed by atoms with E-state index in [9.17, 15) is 0 Å². The van der Waals surface area contributed by atoms with E-state index in [0.29, 0.717) is 12.0 Å². The highest BCUT2D eigenvalue weighted by Gasteiger charge is 2.25. The summed E-state index contributed by atoms with van der Waals surface area (Å²) in [6, 6.07) is 0.447. The molecule has 0 bridgehead atoms. The molecule has 0 aromatic carbocycles. The van der Waals surface area contributed by atoms with Gasteiger partial charge in [-0.3, -0.25) is 0 Å². The molecule has 1 rings (SSSR count). The van der Waals surface area contributed by atoms with Crippen molar-refractivity contribution in [3.63, 3.8) is 0 Å². The first-order chi connectivity index (χ1) is 5.63. The number of hydrogen-bond acceptors (Lipinski definition) is 1. The fourth-order valence-corrected chi connectivity index (χ4v) is 2.28. The zero-order chi connectivity index (χ0) is 9.14. The SMILES string of the molecule is CC1CCCCC(N)C(C)C1C. The Bertz CT molecular complexity index is 117. The van der Waals surface area contributed by atoms with Gasteiger partial charge in [0.25, 0.3) is 0 Å². The number of rotatable bonds is 0. The molecule has 0 spiro atoms. The third-order valence-corrected chi connectivity index (χ3v) is 3.85. The molecule has 0 aromatic heterocycles. The van der Waals surface area contributed by atoms with Gasteiger partial charge in [0, 0.05) is 6.04 Å². The maximum absolute atomic E-state index is 6.10. The van der Waals surface area contributed by atoms with Gasteiger partial charge in [0.1, 0.15) is 0 Å². The van der Waals surface area contributed by atoms with Gasteiger partial charge in [-0.05, 0) is 24.2 Å². The molecule has 1 aliphatic carbocycles. The van der Waals surface area contributed by atoms with Crippen molar-refractivity contribution in [2.24, 2.45) is 23.5 Å². The lowest BCUT2D eigenvalue weighted by molar-refractivity contribution is 0.203. The summed E-state index contributed by atoms with van der Waals surface area (Å²) in [5, 5.41) is 0. The molecule has 1 saturated carbocycles. The van der Waals surface area contributed by atoms with Crippen LogP contribution in [0.5, 0.6) is 0 Å². The van der Waals surface area contributed by atoms with Crippen LogP contribution in [0.25, 0.3) is 0 Å². The predicted octanol–water partition coefficient (Wildman–Crippen LogP) is 2.80. The van der Waals surface area contributed by atoms with Gasteiger partial charge >= 0.3 is 0 Å². The van der Waals surface area contributed by atoms with Crippen LogP contribution in [0.3, 0.4) is 0 Å². The van der Waals surface area contributed by atoms with Gasteiger partial charge in [0.05, 0.1) is 0 Å². The largest absolute Gasteiger partial charge is 0.327 e. The minimum Gasteiger partial charge on any atom is -0.327 e. The van der Waals surface area contributed by atoms with Crippen LogP contribution in [-0.2, 0) is 0 Å². The molecule has 1 aliphatic rings. The van der Waals surface area contributed by atoms with Gasteiger partial charge in [-0.2, -0.15) is 0 Å². The maximum Gasteiger partial charge on any atom is 0.00671 e. The van der Waals surface area contributed by atoms with Gasteiger partial charge in [0.15, 0.2) is 0 Å². The summed E-state index contributed by atoms with van der Waals surface area (Å²) in [6.45, 7) is 7.05. The molecule has 2 N–H and O–H groups in total. The standard InChI is InChI=1S/C11H23N/c1-8-6-4-5-7-11(12)10(3)9(8)2/h8-11H,4-7,12H2,1-3H3. The highest BCUT2D eigenvalue weighted by Crippen LogP contribution is 2.30. The van der Waals surface area contributed by atoms with E-state index in [-0.39, 0.29) is 0 Å². The Hall–Kier alpha value is -0.0400. The topological polar surface area (TPSA) is 26.0 Å². The van der Waals surface area contributed by atoms with Crippen LogP contribution in [0.2, 0.25) is 0 Å². The zero-order valence-corrected chi connectivity index (χ0v) is 8.72. The van der Waals surface area contributed by atoms with Crippen molar-refractivity contribution in [2.45, 2.75) is 52.5 Å². The van der Waals surface area contributed by atoms with Gasteiger partial charge in [-0.25, -0.2) is 0 Å². The lowest BCUT2D eigenvalue weighted by atomic mass is 9.75. The third-order valence-electron chi connectivity index (χ3n) is 3.85. The van der Waals surface area contributed by atoms with Crippen LogP contribution in [-0.4, -0.2) is 6.04 Å². The van der Waals surface area contributed by atoms with E-state index < -0.39 is 0 Å². The normalized spacial score (nSPS) is 45.0. The van der Waals surface area contributed by atoms with Crippen molar-refractivity contribution in [3.8, 4) is 0 Å². The molecule has 4 unspecified atom stereocenters. The molecular weight excluding hydrogens is 146 g/mol. The van der Waals surface area contributed by atoms with Gasteiger partial charge in [-0.1, -0.05) is 40.0 Å². The highest BCUT2D eigenvalue weighted by molar-refractivity contribution is 4.79. The first kappa shape index (κ1) is 10.0. The minimum atomic E-state index is 0.447. The summed E-state index contributed by atoms with van der Waals surface area (Å²) >= 11 is 0. The maximum atomic E-state index is 6.10.